The molecule has 0 aliphatic heterocycles. The zero-order valence-electron chi connectivity index (χ0n) is 15.3. The van der Waals surface area contributed by atoms with Gasteiger partial charge in [0, 0.05) is 5.38 Å². The molecule has 6 heteroatoms. The Morgan fingerprint density at radius 2 is 1.79 bits per heavy atom. The third kappa shape index (κ3) is 2.72. The van der Waals surface area contributed by atoms with Crippen LogP contribution in [0.25, 0.3) is 22.6 Å². The number of nitrogens with zero attached hydrogens (tertiary/aromatic N) is 3. The lowest BCUT2D eigenvalue weighted by atomic mass is 9.78. The topological polar surface area (TPSA) is 59.8 Å². The number of imidazole rings is 1. The molecule has 0 saturated heterocycles. The third-order valence-corrected chi connectivity index (χ3v) is 6.24. The monoisotopic (exact) mass is 388 g/mol. The average Bonchev–Trinajstić information content (AvgIpc) is 3.49. The summed E-state index contributed by atoms with van der Waals surface area (Å²) in [4.78, 5) is 22.8. The van der Waals surface area contributed by atoms with Gasteiger partial charge in [-0.2, -0.15) is 0 Å². The molecule has 2 aromatic carbocycles. The van der Waals surface area contributed by atoms with Crippen LogP contribution >= 0.6 is 11.3 Å². The maximum atomic E-state index is 13.6. The van der Waals surface area contributed by atoms with E-state index in [1.165, 1.54) is 11.3 Å². The molecule has 2 aromatic heterocycles. The van der Waals surface area contributed by atoms with Crippen LogP contribution in [0.2, 0.25) is 0 Å². The van der Waals surface area contributed by atoms with Crippen LogP contribution in [0.1, 0.15) is 31.2 Å². The molecule has 0 spiro atoms. The van der Waals surface area contributed by atoms with E-state index in [0.717, 1.165) is 48.0 Å². The minimum Gasteiger partial charge on any atom is -0.272 e. The van der Waals surface area contributed by atoms with Gasteiger partial charge in [0.1, 0.15) is 5.69 Å². The zero-order chi connectivity index (χ0) is 19.0. The molecule has 1 N–H and O–H groups in total. The van der Waals surface area contributed by atoms with Crippen LogP contribution in [0, 0.1) is 0 Å². The van der Waals surface area contributed by atoms with E-state index in [2.05, 4.69) is 22.5 Å². The van der Waals surface area contributed by atoms with Gasteiger partial charge in [-0.25, -0.2) is 14.6 Å². The van der Waals surface area contributed by atoms with Crippen LogP contribution in [-0.4, -0.2) is 20.6 Å². The highest BCUT2D eigenvalue weighted by Crippen LogP contribution is 2.41. The molecule has 4 aromatic rings. The number of amides is 1. The molecular formula is C22H20N4OS. The van der Waals surface area contributed by atoms with Crippen molar-refractivity contribution in [1.29, 1.82) is 0 Å². The molecule has 1 amide bonds. The Labute approximate surface area is 167 Å². The van der Waals surface area contributed by atoms with Crippen molar-refractivity contribution in [2.45, 2.75) is 31.1 Å². The van der Waals surface area contributed by atoms with Gasteiger partial charge >= 0.3 is 0 Å². The van der Waals surface area contributed by atoms with Gasteiger partial charge in [-0.15, -0.1) is 11.3 Å². The Morgan fingerprint density at radius 3 is 2.54 bits per heavy atom. The van der Waals surface area contributed by atoms with Gasteiger partial charge in [-0.1, -0.05) is 55.3 Å². The second-order valence-corrected chi connectivity index (χ2v) is 7.95. The van der Waals surface area contributed by atoms with Crippen molar-refractivity contribution in [3.8, 4) is 11.5 Å². The second-order valence-electron chi connectivity index (χ2n) is 7.23. The minimum absolute atomic E-state index is 0.0239. The summed E-state index contributed by atoms with van der Waals surface area (Å²) >= 11 is 1.52. The number of benzene rings is 2. The van der Waals surface area contributed by atoms with E-state index in [-0.39, 0.29) is 5.91 Å². The number of nitrogens with one attached hydrogen (secondary N) is 1. The largest absolute Gasteiger partial charge is 0.272 e. The van der Waals surface area contributed by atoms with Crippen molar-refractivity contribution in [3.05, 3.63) is 71.1 Å². The third-order valence-electron chi connectivity index (χ3n) is 5.65. The molecule has 0 atom stereocenters. The van der Waals surface area contributed by atoms with Gasteiger partial charge in [0.25, 0.3) is 0 Å². The predicted octanol–water partition coefficient (Wildman–Crippen LogP) is 4.74. The smallest absolute Gasteiger partial charge is 0.249 e. The number of fused-ring (bicyclic) bond motifs is 1. The summed E-state index contributed by atoms with van der Waals surface area (Å²) < 4.78 is 1.80. The van der Waals surface area contributed by atoms with Gasteiger partial charge in [0.05, 0.1) is 22.0 Å². The summed E-state index contributed by atoms with van der Waals surface area (Å²) in [7, 11) is 0. The van der Waals surface area contributed by atoms with Crippen LogP contribution in [-0.2, 0) is 10.2 Å². The van der Waals surface area contributed by atoms with Crippen molar-refractivity contribution < 1.29 is 4.79 Å². The van der Waals surface area contributed by atoms with E-state index < -0.39 is 5.41 Å². The van der Waals surface area contributed by atoms with E-state index >= 15 is 0 Å². The van der Waals surface area contributed by atoms with Crippen LogP contribution in [0.15, 0.2) is 65.5 Å². The number of carbonyl (C=O) groups is 1. The molecule has 28 heavy (non-hydrogen) atoms. The molecule has 1 fully saturated rings. The van der Waals surface area contributed by atoms with Crippen LogP contribution < -0.4 is 5.43 Å². The first kappa shape index (κ1) is 17.1. The van der Waals surface area contributed by atoms with Gasteiger partial charge in [0.15, 0.2) is 5.82 Å². The van der Waals surface area contributed by atoms with Gasteiger partial charge in [-0.3, -0.25) is 10.2 Å². The minimum atomic E-state index is -0.494. The Balaban J connectivity index is 1.60. The van der Waals surface area contributed by atoms with Gasteiger partial charge in [0.2, 0.25) is 5.91 Å². The quantitative estimate of drug-likeness (QED) is 0.549. The van der Waals surface area contributed by atoms with Gasteiger partial charge in [-0.05, 0) is 30.5 Å². The molecular weight excluding hydrogens is 368 g/mol. The fourth-order valence-electron chi connectivity index (χ4n) is 4.23. The summed E-state index contributed by atoms with van der Waals surface area (Å²) in [5, 5.41) is 1.95. The molecule has 0 unspecified atom stereocenters. The Hall–Kier alpha value is -2.99. The highest BCUT2D eigenvalue weighted by molar-refractivity contribution is 7.07. The Bertz CT molecular complexity index is 1110. The molecule has 1 aliphatic carbocycles. The lowest BCUT2D eigenvalue weighted by Crippen LogP contribution is -2.41. The maximum absolute atomic E-state index is 13.6. The molecule has 1 saturated carbocycles. The number of thiazole rings is 1. The average molecular weight is 388 g/mol. The molecule has 0 bridgehead atoms. The van der Waals surface area contributed by atoms with E-state index in [4.69, 9.17) is 4.98 Å². The summed E-state index contributed by atoms with van der Waals surface area (Å²) in [6.45, 7) is 0. The molecule has 140 valence electrons. The van der Waals surface area contributed by atoms with Crippen molar-refractivity contribution in [1.82, 2.24) is 14.6 Å². The summed E-state index contributed by atoms with van der Waals surface area (Å²) in [5.41, 5.74) is 8.04. The second kappa shape index (κ2) is 6.87. The Morgan fingerprint density at radius 1 is 1.04 bits per heavy atom. The Kier molecular flexibility index (Phi) is 4.20. The van der Waals surface area contributed by atoms with Gasteiger partial charge < -0.3 is 0 Å². The normalized spacial score (nSPS) is 15.7. The van der Waals surface area contributed by atoms with Crippen molar-refractivity contribution in [2.75, 3.05) is 5.43 Å². The molecule has 2 heterocycles. The molecule has 5 nitrogen and oxygen atoms in total. The number of carbonyl (C=O) groups excluding carboxylic acids is 1. The number of hydrogen-bond donors (Lipinski definition) is 1. The lowest BCUT2D eigenvalue weighted by Gasteiger charge is -2.28. The fourth-order valence-corrected chi connectivity index (χ4v) is 4.76. The predicted molar refractivity (Wildman–Crippen MR) is 112 cm³/mol. The highest BCUT2D eigenvalue weighted by atomic mass is 32.1. The maximum Gasteiger partial charge on any atom is 0.249 e. The van der Waals surface area contributed by atoms with Crippen LogP contribution in [0.4, 0.5) is 0 Å². The standard InChI is InChI=1S/C22H20N4OS/c27-21(22(12-6-7-13-22)16-8-2-1-3-9-16)25-26-19-11-5-4-10-17(19)24-20(26)18-14-28-15-23-18/h1-5,8-11,14-15H,6-7,12-13H2,(H,25,27). The first-order valence-corrected chi connectivity index (χ1v) is 10.5. The number of para-hydroxylation sites is 2. The first-order valence-electron chi connectivity index (χ1n) is 9.51. The van der Waals surface area contributed by atoms with E-state index in [1.807, 2.05) is 47.8 Å². The first-order chi connectivity index (χ1) is 13.8. The van der Waals surface area contributed by atoms with E-state index in [9.17, 15) is 4.79 Å². The van der Waals surface area contributed by atoms with E-state index in [1.54, 1.807) is 10.2 Å². The zero-order valence-corrected chi connectivity index (χ0v) is 16.2. The molecule has 5 rings (SSSR count). The lowest BCUT2D eigenvalue weighted by molar-refractivity contribution is -0.122. The SMILES string of the molecule is O=C(Nn1c(-c2cscn2)nc2ccccc21)C1(c2ccccc2)CCCC1. The van der Waals surface area contributed by atoms with Crippen molar-refractivity contribution in [2.24, 2.45) is 0 Å². The molecule has 0 radical (unpaired) electrons. The molecule has 1 aliphatic rings. The van der Waals surface area contributed by atoms with Crippen LogP contribution in [0.3, 0.4) is 0 Å². The number of aromatic nitrogens is 3. The fraction of sp³-hybridized carbons (Fsp3) is 0.227. The van der Waals surface area contributed by atoms with Crippen molar-refractivity contribution >= 4 is 28.3 Å². The summed E-state index contributed by atoms with van der Waals surface area (Å²) in [5.74, 6) is 0.688. The van der Waals surface area contributed by atoms with Crippen molar-refractivity contribution in [3.63, 3.8) is 0 Å². The van der Waals surface area contributed by atoms with Crippen LogP contribution in [0.5, 0.6) is 0 Å². The highest BCUT2D eigenvalue weighted by Gasteiger charge is 2.43. The number of hydrogen-bond acceptors (Lipinski definition) is 4. The summed E-state index contributed by atoms with van der Waals surface area (Å²) in [6, 6.07) is 18.0. The van der Waals surface area contributed by atoms with E-state index in [0.29, 0.717) is 5.82 Å². The summed E-state index contributed by atoms with van der Waals surface area (Å²) in [6.07, 6.45) is 3.85. The number of rotatable bonds is 4.